The first-order valence-electron chi connectivity index (χ1n) is 6.98. The summed E-state index contributed by atoms with van der Waals surface area (Å²) in [6.07, 6.45) is 0. The monoisotopic (exact) mass is 347 g/mol. The Kier molecular flexibility index (Phi) is 4.11. The lowest BCUT2D eigenvalue weighted by molar-refractivity contribution is -0.0518. The van der Waals surface area contributed by atoms with Crippen LogP contribution in [0, 0.1) is 0 Å². The maximum Gasteiger partial charge on any atom is 0.387 e. The van der Waals surface area contributed by atoms with Crippen LogP contribution in [0.15, 0.2) is 29.2 Å². The second-order valence-electron chi connectivity index (χ2n) is 5.22. The average Bonchev–Trinajstić information content (AvgIpc) is 2.88. The number of nitrogens with zero attached hydrogens (tertiary/aromatic N) is 2. The van der Waals surface area contributed by atoms with Crippen LogP contribution in [-0.2, 0) is 10.0 Å². The molecule has 2 heterocycles. The second-order valence-corrected chi connectivity index (χ2v) is 7.13. The number of halogens is 2. The highest BCUT2D eigenvalue weighted by atomic mass is 32.2. The molecular formula is C13H15F2N3O4S. The number of ether oxygens (including phenoxy) is 1. The van der Waals surface area contributed by atoms with E-state index in [4.69, 9.17) is 0 Å². The van der Waals surface area contributed by atoms with Crippen LogP contribution < -0.4 is 10.1 Å². The maximum absolute atomic E-state index is 12.7. The molecule has 2 fully saturated rings. The van der Waals surface area contributed by atoms with Crippen LogP contribution in [-0.4, -0.2) is 62.5 Å². The van der Waals surface area contributed by atoms with Gasteiger partial charge in [-0.1, -0.05) is 12.1 Å². The standard InChI is InChI=1S/C13H15F2N3O4S/c14-12(15)22-10-3-1-2-4-11(10)23(20,21)17-5-6-18-9(8-17)7-16-13(18)19/h1-4,9,12H,5-8H2,(H,16,19). The SMILES string of the molecule is O=C1NCC2CN(S(=O)(=O)c3ccccc3OC(F)F)CCN12. The summed E-state index contributed by atoms with van der Waals surface area (Å²) in [7, 11) is -3.99. The number of rotatable bonds is 4. The van der Waals surface area contributed by atoms with Gasteiger partial charge in [0.15, 0.2) is 0 Å². The molecular weight excluding hydrogens is 332 g/mol. The summed E-state index contributed by atoms with van der Waals surface area (Å²) in [5, 5.41) is 2.65. The molecule has 0 radical (unpaired) electrons. The van der Waals surface area contributed by atoms with Crippen molar-refractivity contribution in [1.82, 2.24) is 14.5 Å². The Hall–Kier alpha value is -1.94. The molecule has 23 heavy (non-hydrogen) atoms. The van der Waals surface area contributed by atoms with Gasteiger partial charge in [0, 0.05) is 26.2 Å². The number of amides is 2. The van der Waals surface area contributed by atoms with Crippen molar-refractivity contribution >= 4 is 16.1 Å². The average molecular weight is 347 g/mol. The molecule has 1 N–H and O–H groups in total. The first kappa shape index (κ1) is 15.9. The Labute approximate surface area is 131 Å². The van der Waals surface area contributed by atoms with Gasteiger partial charge in [-0.2, -0.15) is 13.1 Å². The van der Waals surface area contributed by atoms with Crippen molar-refractivity contribution in [1.29, 1.82) is 0 Å². The van der Waals surface area contributed by atoms with E-state index < -0.39 is 16.6 Å². The van der Waals surface area contributed by atoms with Gasteiger partial charge in [-0.15, -0.1) is 0 Å². The molecule has 0 aromatic heterocycles. The number of hydrogen-bond donors (Lipinski definition) is 1. The minimum atomic E-state index is -3.99. The number of nitrogens with one attached hydrogen (secondary N) is 1. The van der Waals surface area contributed by atoms with Crippen molar-refractivity contribution in [2.45, 2.75) is 17.5 Å². The van der Waals surface area contributed by atoms with Crippen molar-refractivity contribution in [2.75, 3.05) is 26.2 Å². The zero-order chi connectivity index (χ0) is 16.6. The third-order valence-corrected chi connectivity index (χ3v) is 5.78. The molecule has 1 aromatic carbocycles. The fraction of sp³-hybridized carbons (Fsp3) is 0.462. The normalized spacial score (nSPS) is 22.1. The van der Waals surface area contributed by atoms with E-state index in [1.54, 1.807) is 4.90 Å². The van der Waals surface area contributed by atoms with Gasteiger partial charge in [-0.3, -0.25) is 0 Å². The van der Waals surface area contributed by atoms with Crippen LogP contribution in [0.1, 0.15) is 0 Å². The molecule has 2 amide bonds. The van der Waals surface area contributed by atoms with Crippen LogP contribution in [0.25, 0.3) is 0 Å². The molecule has 1 atom stereocenters. The minimum Gasteiger partial charge on any atom is -0.433 e. The van der Waals surface area contributed by atoms with E-state index in [0.717, 1.165) is 0 Å². The Morgan fingerprint density at radius 3 is 2.74 bits per heavy atom. The van der Waals surface area contributed by atoms with Crippen molar-refractivity contribution in [3.8, 4) is 5.75 Å². The van der Waals surface area contributed by atoms with Gasteiger partial charge in [-0.25, -0.2) is 13.2 Å². The Balaban J connectivity index is 1.86. The van der Waals surface area contributed by atoms with Gasteiger partial charge in [-0.05, 0) is 12.1 Å². The maximum atomic E-state index is 12.7. The van der Waals surface area contributed by atoms with E-state index in [1.165, 1.54) is 28.6 Å². The first-order valence-corrected chi connectivity index (χ1v) is 8.42. The summed E-state index contributed by atoms with van der Waals surface area (Å²) >= 11 is 0. The van der Waals surface area contributed by atoms with Crippen LogP contribution in [0.4, 0.5) is 13.6 Å². The van der Waals surface area contributed by atoms with E-state index in [2.05, 4.69) is 10.1 Å². The summed E-state index contributed by atoms with van der Waals surface area (Å²) in [4.78, 5) is 12.8. The van der Waals surface area contributed by atoms with Crippen LogP contribution in [0.5, 0.6) is 5.75 Å². The second kappa shape index (κ2) is 5.93. The van der Waals surface area contributed by atoms with E-state index in [1.807, 2.05) is 0 Å². The van der Waals surface area contributed by atoms with Crippen LogP contribution in [0.3, 0.4) is 0 Å². The van der Waals surface area contributed by atoms with Crippen LogP contribution >= 0.6 is 0 Å². The number of para-hydroxylation sites is 1. The molecule has 10 heteroatoms. The predicted octanol–water partition coefficient (Wildman–Crippen LogP) is 0.686. The number of carbonyl (C=O) groups excluding carboxylic acids is 1. The highest BCUT2D eigenvalue weighted by molar-refractivity contribution is 7.89. The summed E-state index contributed by atoms with van der Waals surface area (Å²) < 4.78 is 55.9. The predicted molar refractivity (Wildman–Crippen MR) is 75.7 cm³/mol. The summed E-state index contributed by atoms with van der Waals surface area (Å²) in [6.45, 7) is -2.27. The van der Waals surface area contributed by atoms with Crippen LogP contribution in [0.2, 0.25) is 0 Å². The van der Waals surface area contributed by atoms with Crippen molar-refractivity contribution < 1.29 is 26.7 Å². The van der Waals surface area contributed by atoms with Gasteiger partial charge in [0.2, 0.25) is 10.0 Å². The van der Waals surface area contributed by atoms with Gasteiger partial charge in [0.1, 0.15) is 10.6 Å². The van der Waals surface area contributed by atoms with Gasteiger partial charge in [0.25, 0.3) is 0 Å². The quantitative estimate of drug-likeness (QED) is 0.869. The van der Waals surface area contributed by atoms with Gasteiger partial charge < -0.3 is 15.0 Å². The smallest absolute Gasteiger partial charge is 0.387 e. The number of hydrogen-bond acceptors (Lipinski definition) is 4. The number of sulfonamides is 1. The summed E-state index contributed by atoms with van der Waals surface area (Å²) in [6, 6.07) is 4.83. The molecule has 2 saturated heterocycles. The molecule has 0 saturated carbocycles. The fourth-order valence-corrected chi connectivity index (χ4v) is 4.38. The topological polar surface area (TPSA) is 79.0 Å². The molecule has 2 aliphatic heterocycles. The summed E-state index contributed by atoms with van der Waals surface area (Å²) in [5.41, 5.74) is 0. The zero-order valence-corrected chi connectivity index (χ0v) is 12.8. The fourth-order valence-electron chi connectivity index (χ4n) is 2.79. The van der Waals surface area contributed by atoms with Crippen molar-refractivity contribution in [3.05, 3.63) is 24.3 Å². The zero-order valence-electron chi connectivity index (χ0n) is 12.0. The third-order valence-electron chi connectivity index (χ3n) is 3.88. The number of carbonyl (C=O) groups is 1. The summed E-state index contributed by atoms with van der Waals surface area (Å²) in [5.74, 6) is -0.384. The lowest BCUT2D eigenvalue weighted by Gasteiger charge is -2.35. The largest absolute Gasteiger partial charge is 0.433 e. The lowest BCUT2D eigenvalue weighted by Crippen LogP contribution is -2.53. The lowest BCUT2D eigenvalue weighted by atomic mass is 10.2. The number of piperazine rings is 1. The number of urea groups is 1. The molecule has 1 aromatic rings. The molecule has 2 aliphatic rings. The Morgan fingerprint density at radius 2 is 2.00 bits per heavy atom. The minimum absolute atomic E-state index is 0.106. The van der Waals surface area contributed by atoms with E-state index in [0.29, 0.717) is 6.54 Å². The van der Waals surface area contributed by atoms with E-state index in [-0.39, 0.29) is 42.4 Å². The highest BCUT2D eigenvalue weighted by Crippen LogP contribution is 2.29. The molecule has 7 nitrogen and oxygen atoms in total. The molecule has 3 rings (SSSR count). The van der Waals surface area contributed by atoms with Gasteiger partial charge >= 0.3 is 12.6 Å². The molecule has 0 spiro atoms. The molecule has 126 valence electrons. The highest BCUT2D eigenvalue weighted by Gasteiger charge is 2.40. The molecule has 0 aliphatic carbocycles. The van der Waals surface area contributed by atoms with E-state index in [9.17, 15) is 22.0 Å². The van der Waals surface area contributed by atoms with Crippen molar-refractivity contribution in [3.63, 3.8) is 0 Å². The Morgan fingerprint density at radius 1 is 1.26 bits per heavy atom. The molecule has 0 bridgehead atoms. The van der Waals surface area contributed by atoms with Crippen molar-refractivity contribution in [2.24, 2.45) is 0 Å². The number of fused-ring (bicyclic) bond motifs is 1. The van der Waals surface area contributed by atoms with E-state index >= 15 is 0 Å². The third kappa shape index (κ3) is 2.95. The first-order chi connectivity index (χ1) is 10.9. The molecule has 1 unspecified atom stereocenters. The number of benzene rings is 1. The van der Waals surface area contributed by atoms with Gasteiger partial charge in [0.05, 0.1) is 6.04 Å². The Bertz CT molecular complexity index is 713. The number of alkyl halides is 2.